The van der Waals surface area contributed by atoms with Crippen molar-refractivity contribution in [2.24, 2.45) is 23.7 Å². The molecule has 0 aliphatic heterocycles. The summed E-state index contributed by atoms with van der Waals surface area (Å²) >= 11 is 0. The van der Waals surface area contributed by atoms with E-state index in [2.05, 4.69) is 5.32 Å². The molecule has 2 nitrogen and oxygen atoms in total. The van der Waals surface area contributed by atoms with Crippen molar-refractivity contribution in [2.75, 3.05) is 13.1 Å². The summed E-state index contributed by atoms with van der Waals surface area (Å²) < 4.78 is 0. The summed E-state index contributed by atoms with van der Waals surface area (Å²) in [6, 6.07) is 0. The topological polar surface area (TPSA) is 32.3 Å². The molecule has 4 unspecified atom stereocenters. The summed E-state index contributed by atoms with van der Waals surface area (Å²) in [5.74, 6) is 3.61. The predicted molar refractivity (Wildman–Crippen MR) is 60.5 cm³/mol. The summed E-state index contributed by atoms with van der Waals surface area (Å²) in [7, 11) is 0. The van der Waals surface area contributed by atoms with Gasteiger partial charge in [0.25, 0.3) is 0 Å². The lowest BCUT2D eigenvalue weighted by atomic mass is 9.89. The SMILES string of the molecule is OC(CNCC1CC2CCC1C2)C1CC1. The number of aliphatic hydroxyl groups is 1. The van der Waals surface area contributed by atoms with Gasteiger partial charge in [0, 0.05) is 6.54 Å². The van der Waals surface area contributed by atoms with Crippen LogP contribution in [0, 0.1) is 23.7 Å². The first-order valence-electron chi connectivity index (χ1n) is 6.71. The smallest absolute Gasteiger partial charge is 0.0692 e. The van der Waals surface area contributed by atoms with Gasteiger partial charge in [0.05, 0.1) is 6.10 Å². The Morgan fingerprint density at radius 1 is 1.13 bits per heavy atom. The lowest BCUT2D eigenvalue weighted by Gasteiger charge is -2.22. The number of aliphatic hydroxyl groups excluding tert-OH is 1. The zero-order valence-electron chi connectivity index (χ0n) is 9.49. The standard InChI is InChI=1S/C13H23NO/c15-13(10-3-4-10)8-14-7-12-6-9-1-2-11(12)5-9/h9-15H,1-8H2. The molecule has 15 heavy (non-hydrogen) atoms. The van der Waals surface area contributed by atoms with Crippen LogP contribution in [0.3, 0.4) is 0 Å². The molecular formula is C13H23NO. The van der Waals surface area contributed by atoms with Gasteiger partial charge in [-0.05, 0) is 62.3 Å². The molecule has 2 heteroatoms. The number of nitrogens with one attached hydrogen (secondary N) is 1. The number of rotatable bonds is 5. The van der Waals surface area contributed by atoms with Crippen LogP contribution in [0.25, 0.3) is 0 Å². The quantitative estimate of drug-likeness (QED) is 0.723. The Balaban J connectivity index is 1.35. The maximum absolute atomic E-state index is 9.73. The average Bonchev–Trinajstić information content (AvgIpc) is 2.90. The molecule has 2 bridgehead atoms. The molecule has 3 aliphatic rings. The van der Waals surface area contributed by atoms with Gasteiger partial charge in [-0.3, -0.25) is 0 Å². The highest BCUT2D eigenvalue weighted by Gasteiger charge is 2.39. The number of fused-ring (bicyclic) bond motifs is 2. The van der Waals surface area contributed by atoms with Gasteiger partial charge >= 0.3 is 0 Å². The Labute approximate surface area is 92.4 Å². The summed E-state index contributed by atoms with van der Waals surface area (Å²) in [5.41, 5.74) is 0. The normalized spacial score (nSPS) is 41.0. The lowest BCUT2D eigenvalue weighted by molar-refractivity contribution is 0.145. The predicted octanol–water partition coefficient (Wildman–Crippen LogP) is 1.78. The van der Waals surface area contributed by atoms with Crippen molar-refractivity contribution in [2.45, 2.75) is 44.6 Å². The van der Waals surface area contributed by atoms with Gasteiger partial charge in [-0.2, -0.15) is 0 Å². The molecule has 0 aromatic carbocycles. The molecule has 2 N–H and O–H groups in total. The molecule has 0 aromatic heterocycles. The minimum atomic E-state index is -0.0661. The monoisotopic (exact) mass is 209 g/mol. The fraction of sp³-hybridized carbons (Fsp3) is 1.00. The van der Waals surface area contributed by atoms with Gasteiger partial charge in [0.1, 0.15) is 0 Å². The van der Waals surface area contributed by atoms with Crippen LogP contribution in [0.5, 0.6) is 0 Å². The van der Waals surface area contributed by atoms with Crippen LogP contribution in [-0.4, -0.2) is 24.3 Å². The maximum Gasteiger partial charge on any atom is 0.0692 e. The average molecular weight is 209 g/mol. The van der Waals surface area contributed by atoms with E-state index in [1.165, 1.54) is 38.5 Å². The third-order valence-corrected chi connectivity index (χ3v) is 4.81. The highest BCUT2D eigenvalue weighted by atomic mass is 16.3. The van der Waals surface area contributed by atoms with E-state index in [0.717, 1.165) is 30.8 Å². The molecule has 86 valence electrons. The Bertz CT molecular complexity index is 227. The van der Waals surface area contributed by atoms with Crippen molar-refractivity contribution in [1.82, 2.24) is 5.32 Å². The van der Waals surface area contributed by atoms with E-state index in [1.807, 2.05) is 0 Å². The van der Waals surface area contributed by atoms with Gasteiger partial charge < -0.3 is 10.4 Å². The Morgan fingerprint density at radius 3 is 2.60 bits per heavy atom. The van der Waals surface area contributed by atoms with E-state index in [0.29, 0.717) is 5.92 Å². The molecule has 0 spiro atoms. The van der Waals surface area contributed by atoms with Gasteiger partial charge in [0.2, 0.25) is 0 Å². The molecule has 0 amide bonds. The van der Waals surface area contributed by atoms with E-state index in [9.17, 15) is 5.11 Å². The zero-order valence-corrected chi connectivity index (χ0v) is 9.49. The fourth-order valence-corrected chi connectivity index (χ4v) is 3.69. The van der Waals surface area contributed by atoms with Crippen molar-refractivity contribution in [3.8, 4) is 0 Å². The molecule has 0 saturated heterocycles. The van der Waals surface area contributed by atoms with Crippen molar-refractivity contribution < 1.29 is 5.11 Å². The second-order valence-electron chi connectivity index (χ2n) is 6.00. The van der Waals surface area contributed by atoms with E-state index in [-0.39, 0.29) is 6.10 Å². The van der Waals surface area contributed by atoms with Gasteiger partial charge in [-0.25, -0.2) is 0 Å². The van der Waals surface area contributed by atoms with Crippen molar-refractivity contribution >= 4 is 0 Å². The first kappa shape index (κ1) is 10.1. The molecule has 3 aliphatic carbocycles. The third kappa shape index (κ3) is 2.21. The van der Waals surface area contributed by atoms with E-state index in [1.54, 1.807) is 0 Å². The fourth-order valence-electron chi connectivity index (χ4n) is 3.69. The Morgan fingerprint density at radius 2 is 2.00 bits per heavy atom. The van der Waals surface area contributed by atoms with Crippen LogP contribution < -0.4 is 5.32 Å². The van der Waals surface area contributed by atoms with Gasteiger partial charge in [0.15, 0.2) is 0 Å². The minimum absolute atomic E-state index is 0.0661. The van der Waals surface area contributed by atoms with E-state index in [4.69, 9.17) is 0 Å². The maximum atomic E-state index is 9.73. The van der Waals surface area contributed by atoms with Crippen LogP contribution in [0.4, 0.5) is 0 Å². The minimum Gasteiger partial charge on any atom is -0.392 e. The van der Waals surface area contributed by atoms with E-state index >= 15 is 0 Å². The summed E-state index contributed by atoms with van der Waals surface area (Å²) in [4.78, 5) is 0. The van der Waals surface area contributed by atoms with Crippen molar-refractivity contribution in [1.29, 1.82) is 0 Å². The van der Waals surface area contributed by atoms with Gasteiger partial charge in [-0.1, -0.05) is 6.42 Å². The van der Waals surface area contributed by atoms with Crippen LogP contribution in [0.15, 0.2) is 0 Å². The molecule has 0 heterocycles. The van der Waals surface area contributed by atoms with Crippen LogP contribution >= 0.6 is 0 Å². The highest BCUT2D eigenvalue weighted by molar-refractivity contribution is 4.91. The van der Waals surface area contributed by atoms with Crippen molar-refractivity contribution in [3.63, 3.8) is 0 Å². The first-order chi connectivity index (χ1) is 7.33. The van der Waals surface area contributed by atoms with Crippen molar-refractivity contribution in [3.05, 3.63) is 0 Å². The van der Waals surface area contributed by atoms with E-state index < -0.39 is 0 Å². The number of hydrogen-bond acceptors (Lipinski definition) is 2. The second kappa shape index (κ2) is 4.06. The summed E-state index contributed by atoms with van der Waals surface area (Å²) in [5, 5.41) is 13.2. The molecule has 3 fully saturated rings. The summed E-state index contributed by atoms with van der Waals surface area (Å²) in [6.07, 6.45) is 8.35. The Hall–Kier alpha value is -0.0800. The molecule has 3 rings (SSSR count). The summed E-state index contributed by atoms with van der Waals surface area (Å²) in [6.45, 7) is 1.99. The highest BCUT2D eigenvalue weighted by Crippen LogP contribution is 2.47. The molecule has 3 saturated carbocycles. The van der Waals surface area contributed by atoms with Crippen LogP contribution in [-0.2, 0) is 0 Å². The molecule has 0 radical (unpaired) electrons. The lowest BCUT2D eigenvalue weighted by Crippen LogP contribution is -2.33. The number of hydrogen-bond donors (Lipinski definition) is 2. The van der Waals surface area contributed by atoms with Crippen LogP contribution in [0.2, 0.25) is 0 Å². The largest absolute Gasteiger partial charge is 0.392 e. The van der Waals surface area contributed by atoms with Gasteiger partial charge in [-0.15, -0.1) is 0 Å². The Kier molecular flexibility index (Phi) is 2.73. The first-order valence-corrected chi connectivity index (χ1v) is 6.71. The molecule has 4 atom stereocenters. The second-order valence-corrected chi connectivity index (χ2v) is 6.00. The zero-order chi connectivity index (χ0) is 10.3. The molecule has 0 aromatic rings. The van der Waals surface area contributed by atoms with Crippen LogP contribution in [0.1, 0.15) is 38.5 Å². The third-order valence-electron chi connectivity index (χ3n) is 4.81. The molecular weight excluding hydrogens is 186 g/mol.